The van der Waals surface area contributed by atoms with Gasteiger partial charge in [-0.15, -0.1) is 13.2 Å². The van der Waals surface area contributed by atoms with Gasteiger partial charge < -0.3 is 10.1 Å². The molecule has 3 aromatic carbocycles. The summed E-state index contributed by atoms with van der Waals surface area (Å²) in [6, 6.07) is 16.2. The molecular weight excluding hydrogens is 613 g/mol. The van der Waals surface area contributed by atoms with E-state index in [0.717, 1.165) is 17.5 Å². The molecule has 3 aromatic rings. The Morgan fingerprint density at radius 3 is 2.14 bits per heavy atom. The lowest BCUT2D eigenvalue weighted by molar-refractivity contribution is -0.274. The molecule has 9 heteroatoms. The molecule has 4 nitrogen and oxygen atoms in total. The monoisotopic (exact) mass is 639 g/mol. The first-order valence-electron chi connectivity index (χ1n) is 12.0. The van der Waals surface area contributed by atoms with Gasteiger partial charge >= 0.3 is 6.36 Å². The van der Waals surface area contributed by atoms with E-state index in [-0.39, 0.29) is 18.1 Å². The third kappa shape index (κ3) is 9.16. The first kappa shape index (κ1) is 29.2. The fourth-order valence-corrected chi connectivity index (χ4v) is 5.35. The molecule has 0 heterocycles. The summed E-state index contributed by atoms with van der Waals surface area (Å²) in [5.74, 6) is -0.549. The fourth-order valence-electron chi connectivity index (χ4n) is 3.84. The van der Waals surface area contributed by atoms with E-state index in [1.54, 1.807) is 12.1 Å². The van der Waals surface area contributed by atoms with Gasteiger partial charge in [0.2, 0.25) is 0 Å². The number of hydrogen-bond acceptors (Lipinski definition) is 2. The SMILES string of the molecule is CCCCCc1ccc(CNC(=O)c2cc(Br)c(CC([NH])c3ccc(OC(F)(F)F)cc3)c(Br)c2)cc1. The Kier molecular flexibility index (Phi) is 10.6. The van der Waals surface area contributed by atoms with Crippen molar-refractivity contribution in [2.24, 2.45) is 0 Å². The maximum absolute atomic E-state index is 12.8. The van der Waals surface area contributed by atoms with E-state index in [4.69, 9.17) is 5.73 Å². The van der Waals surface area contributed by atoms with E-state index in [1.807, 2.05) is 12.1 Å². The molecule has 0 fully saturated rings. The molecule has 0 aliphatic carbocycles. The summed E-state index contributed by atoms with van der Waals surface area (Å²) < 4.78 is 42.3. The quantitative estimate of drug-likeness (QED) is 0.214. The van der Waals surface area contributed by atoms with Crippen LogP contribution in [0.1, 0.15) is 64.8 Å². The third-order valence-electron chi connectivity index (χ3n) is 5.87. The van der Waals surface area contributed by atoms with E-state index >= 15 is 0 Å². The van der Waals surface area contributed by atoms with Gasteiger partial charge in [0.25, 0.3) is 5.91 Å². The average molecular weight is 641 g/mol. The Morgan fingerprint density at radius 2 is 1.57 bits per heavy atom. The van der Waals surface area contributed by atoms with Crippen molar-refractivity contribution in [1.29, 1.82) is 0 Å². The minimum Gasteiger partial charge on any atom is -0.406 e. The van der Waals surface area contributed by atoms with Gasteiger partial charge in [0.15, 0.2) is 0 Å². The van der Waals surface area contributed by atoms with Crippen LogP contribution in [0, 0.1) is 0 Å². The van der Waals surface area contributed by atoms with Crippen LogP contribution in [0.15, 0.2) is 69.6 Å². The first-order chi connectivity index (χ1) is 17.6. The highest BCUT2D eigenvalue weighted by Crippen LogP contribution is 2.32. The standard InChI is InChI=1S/C28H28Br2F3N2O2/c1-2-3-4-5-18-6-8-19(9-7-18)17-35-27(36)21-14-24(29)23(25(30)15-21)16-26(34)20-10-12-22(13-11-20)37-28(31,32)33/h6-15,26,34H,2-5,16-17H2,1H3,(H,35,36). The summed E-state index contributed by atoms with van der Waals surface area (Å²) in [5.41, 5.74) is 12.6. The van der Waals surface area contributed by atoms with Crippen molar-refractivity contribution in [3.05, 3.63) is 97.4 Å². The number of benzene rings is 3. The Labute approximate surface area is 232 Å². The van der Waals surface area contributed by atoms with Crippen LogP contribution in [0.3, 0.4) is 0 Å². The molecule has 1 radical (unpaired) electrons. The van der Waals surface area contributed by atoms with Crippen molar-refractivity contribution in [2.45, 2.75) is 58.0 Å². The number of aryl methyl sites for hydroxylation is 1. The van der Waals surface area contributed by atoms with E-state index in [2.05, 4.69) is 61.0 Å². The highest BCUT2D eigenvalue weighted by atomic mass is 79.9. The Bertz CT molecular complexity index is 1160. The van der Waals surface area contributed by atoms with Crippen molar-refractivity contribution < 1.29 is 22.7 Å². The van der Waals surface area contributed by atoms with Gasteiger partial charge in [-0.3, -0.25) is 4.79 Å². The maximum Gasteiger partial charge on any atom is 0.573 e. The highest BCUT2D eigenvalue weighted by Gasteiger charge is 2.31. The molecule has 0 aromatic heterocycles. The van der Waals surface area contributed by atoms with E-state index < -0.39 is 12.4 Å². The molecule has 2 N–H and O–H groups in total. The van der Waals surface area contributed by atoms with Crippen LogP contribution < -0.4 is 15.8 Å². The van der Waals surface area contributed by atoms with Gasteiger partial charge in [-0.05, 0) is 65.8 Å². The van der Waals surface area contributed by atoms with E-state index in [1.165, 1.54) is 49.1 Å². The summed E-state index contributed by atoms with van der Waals surface area (Å²) in [6.07, 6.45) is 0.177. The molecule has 0 aliphatic heterocycles. The number of nitrogens with one attached hydrogen (secondary N) is 2. The number of carbonyl (C=O) groups is 1. The first-order valence-corrected chi connectivity index (χ1v) is 13.5. The number of unbranched alkanes of at least 4 members (excludes halogenated alkanes) is 2. The fraction of sp³-hybridized carbons (Fsp3) is 0.321. The van der Waals surface area contributed by atoms with Gasteiger partial charge in [-0.1, -0.05) is 88.0 Å². The number of alkyl halides is 3. The summed E-state index contributed by atoms with van der Waals surface area (Å²) in [4.78, 5) is 12.8. The molecule has 1 atom stereocenters. The zero-order valence-corrected chi connectivity index (χ0v) is 23.5. The maximum atomic E-state index is 12.8. The van der Waals surface area contributed by atoms with Crippen molar-refractivity contribution in [3.8, 4) is 5.75 Å². The summed E-state index contributed by atoms with van der Waals surface area (Å²) in [6.45, 7) is 2.60. The molecule has 197 valence electrons. The largest absolute Gasteiger partial charge is 0.573 e. The van der Waals surface area contributed by atoms with Crippen molar-refractivity contribution in [1.82, 2.24) is 11.1 Å². The predicted molar refractivity (Wildman–Crippen MR) is 145 cm³/mol. The van der Waals surface area contributed by atoms with Crippen LogP contribution in [0.5, 0.6) is 5.75 Å². The van der Waals surface area contributed by atoms with Gasteiger partial charge in [-0.2, -0.15) is 0 Å². The molecule has 1 unspecified atom stereocenters. The molecular formula is C28H28Br2F3N2O2. The lowest BCUT2D eigenvalue weighted by Gasteiger charge is -2.16. The smallest absolute Gasteiger partial charge is 0.406 e. The predicted octanol–water partition coefficient (Wildman–Crippen LogP) is 8.34. The summed E-state index contributed by atoms with van der Waals surface area (Å²) >= 11 is 7.01. The van der Waals surface area contributed by atoms with Crippen LogP contribution >= 0.6 is 31.9 Å². The molecule has 0 spiro atoms. The summed E-state index contributed by atoms with van der Waals surface area (Å²) in [5, 5.41) is 2.94. The normalized spacial score (nSPS) is 12.3. The van der Waals surface area contributed by atoms with Gasteiger partial charge in [0, 0.05) is 21.1 Å². The van der Waals surface area contributed by atoms with Gasteiger partial charge in [0.05, 0.1) is 6.04 Å². The Morgan fingerprint density at radius 1 is 0.973 bits per heavy atom. The van der Waals surface area contributed by atoms with E-state index in [9.17, 15) is 18.0 Å². The van der Waals surface area contributed by atoms with Crippen LogP contribution in [0.2, 0.25) is 0 Å². The Balaban J connectivity index is 1.59. The average Bonchev–Trinajstić information content (AvgIpc) is 2.85. The van der Waals surface area contributed by atoms with Crippen LogP contribution in [0.25, 0.3) is 0 Å². The van der Waals surface area contributed by atoms with Gasteiger partial charge in [0.1, 0.15) is 5.75 Å². The topological polar surface area (TPSA) is 62.1 Å². The summed E-state index contributed by atoms with van der Waals surface area (Å²) in [7, 11) is 0. The number of hydrogen-bond donors (Lipinski definition) is 1. The number of ether oxygens (including phenoxy) is 1. The molecule has 0 saturated heterocycles. The lowest BCUT2D eigenvalue weighted by Crippen LogP contribution is -2.23. The zero-order chi connectivity index (χ0) is 27.0. The third-order valence-corrected chi connectivity index (χ3v) is 7.29. The number of rotatable bonds is 11. The van der Waals surface area contributed by atoms with Crippen LogP contribution in [0.4, 0.5) is 13.2 Å². The molecule has 0 aliphatic rings. The van der Waals surface area contributed by atoms with Crippen LogP contribution in [-0.4, -0.2) is 12.3 Å². The highest BCUT2D eigenvalue weighted by molar-refractivity contribution is 9.11. The number of carbonyl (C=O) groups excluding carboxylic acids is 1. The second-order valence-electron chi connectivity index (χ2n) is 8.75. The van der Waals surface area contributed by atoms with Crippen molar-refractivity contribution >= 4 is 37.8 Å². The van der Waals surface area contributed by atoms with Gasteiger partial charge in [-0.25, -0.2) is 5.73 Å². The minimum absolute atomic E-state index is 0.220. The number of halogens is 5. The van der Waals surface area contributed by atoms with Crippen molar-refractivity contribution in [2.75, 3.05) is 0 Å². The van der Waals surface area contributed by atoms with Crippen LogP contribution in [-0.2, 0) is 19.4 Å². The lowest BCUT2D eigenvalue weighted by atomic mass is 9.98. The second-order valence-corrected chi connectivity index (χ2v) is 10.5. The Hall–Kier alpha value is -2.36. The zero-order valence-electron chi connectivity index (χ0n) is 20.3. The number of amides is 1. The molecule has 1 amide bonds. The molecule has 0 saturated carbocycles. The molecule has 0 bridgehead atoms. The second kappa shape index (κ2) is 13.4. The van der Waals surface area contributed by atoms with Crippen molar-refractivity contribution in [3.63, 3.8) is 0 Å². The molecule has 37 heavy (non-hydrogen) atoms. The molecule has 3 rings (SSSR count). The minimum atomic E-state index is -4.76. The van der Waals surface area contributed by atoms with E-state index in [0.29, 0.717) is 26.6 Å².